The van der Waals surface area contributed by atoms with Gasteiger partial charge in [0.15, 0.2) is 5.69 Å². The van der Waals surface area contributed by atoms with Gasteiger partial charge in [-0.05, 0) is 36.6 Å². The van der Waals surface area contributed by atoms with E-state index in [9.17, 15) is 4.79 Å². The minimum atomic E-state index is -0.204. The second-order valence-corrected chi connectivity index (χ2v) is 6.02. The highest BCUT2D eigenvalue weighted by Crippen LogP contribution is 2.13. The van der Waals surface area contributed by atoms with E-state index < -0.39 is 0 Å². The van der Waals surface area contributed by atoms with Crippen molar-refractivity contribution in [2.24, 2.45) is 0 Å². The Morgan fingerprint density at radius 1 is 1.12 bits per heavy atom. The highest BCUT2D eigenvalue weighted by molar-refractivity contribution is 5.93. The lowest BCUT2D eigenvalue weighted by molar-refractivity contribution is 0.0948. The molecule has 3 aromatic rings. The van der Waals surface area contributed by atoms with Crippen LogP contribution in [0.4, 0.5) is 0 Å². The lowest BCUT2D eigenvalue weighted by Crippen LogP contribution is -2.26. The van der Waals surface area contributed by atoms with Crippen LogP contribution in [0, 0.1) is 6.92 Å². The van der Waals surface area contributed by atoms with E-state index in [0.717, 1.165) is 29.0 Å². The molecular formula is C20H22N4O2. The summed E-state index contributed by atoms with van der Waals surface area (Å²) in [6.45, 7) is 2.98. The number of methoxy groups -OCH3 is 1. The summed E-state index contributed by atoms with van der Waals surface area (Å²) in [4.78, 5) is 12.4. The Balaban J connectivity index is 1.58. The van der Waals surface area contributed by atoms with E-state index in [1.807, 2.05) is 61.5 Å². The monoisotopic (exact) mass is 350 g/mol. The van der Waals surface area contributed by atoms with E-state index in [4.69, 9.17) is 4.74 Å². The second-order valence-electron chi connectivity index (χ2n) is 6.02. The topological polar surface area (TPSA) is 69.0 Å². The molecule has 0 aliphatic rings. The van der Waals surface area contributed by atoms with Crippen LogP contribution in [0.5, 0.6) is 5.75 Å². The molecule has 3 rings (SSSR count). The SMILES string of the molecule is COc1cccc(CCNC(=O)c2nnn(Cc3ccccc3)c2C)c1. The maximum atomic E-state index is 12.4. The molecule has 1 heterocycles. The molecule has 0 bridgehead atoms. The summed E-state index contributed by atoms with van der Waals surface area (Å²) < 4.78 is 6.95. The number of ether oxygens (including phenoxy) is 1. The van der Waals surface area contributed by atoms with Gasteiger partial charge >= 0.3 is 0 Å². The molecular weight excluding hydrogens is 328 g/mol. The summed E-state index contributed by atoms with van der Waals surface area (Å²) in [6, 6.07) is 17.8. The molecule has 0 saturated carbocycles. The molecule has 0 fully saturated rings. The Kier molecular flexibility index (Phi) is 5.63. The molecule has 6 nitrogen and oxygen atoms in total. The Morgan fingerprint density at radius 3 is 2.65 bits per heavy atom. The first-order valence-electron chi connectivity index (χ1n) is 8.52. The van der Waals surface area contributed by atoms with Gasteiger partial charge in [-0.25, -0.2) is 4.68 Å². The first-order chi connectivity index (χ1) is 12.7. The fraction of sp³-hybridized carbons (Fsp3) is 0.250. The predicted octanol–water partition coefficient (Wildman–Crippen LogP) is 2.62. The molecule has 134 valence electrons. The van der Waals surface area contributed by atoms with Gasteiger partial charge in [0.05, 0.1) is 19.3 Å². The van der Waals surface area contributed by atoms with Crippen LogP contribution in [0.25, 0.3) is 0 Å². The molecule has 0 unspecified atom stereocenters. The third-order valence-corrected chi connectivity index (χ3v) is 4.21. The smallest absolute Gasteiger partial charge is 0.273 e. The number of carbonyl (C=O) groups is 1. The van der Waals surface area contributed by atoms with Gasteiger partial charge in [0.2, 0.25) is 0 Å². The van der Waals surface area contributed by atoms with Crippen molar-refractivity contribution in [2.45, 2.75) is 19.9 Å². The minimum Gasteiger partial charge on any atom is -0.497 e. The van der Waals surface area contributed by atoms with Gasteiger partial charge in [0, 0.05) is 6.54 Å². The Morgan fingerprint density at radius 2 is 1.88 bits per heavy atom. The van der Waals surface area contributed by atoms with E-state index in [1.165, 1.54) is 0 Å². The van der Waals surface area contributed by atoms with Crippen molar-refractivity contribution in [3.05, 3.63) is 77.1 Å². The summed E-state index contributed by atoms with van der Waals surface area (Å²) in [5, 5.41) is 11.1. The zero-order chi connectivity index (χ0) is 18.4. The van der Waals surface area contributed by atoms with E-state index in [2.05, 4.69) is 15.6 Å². The molecule has 0 aliphatic heterocycles. The normalized spacial score (nSPS) is 10.5. The minimum absolute atomic E-state index is 0.204. The van der Waals surface area contributed by atoms with Gasteiger partial charge in [-0.1, -0.05) is 47.7 Å². The number of hydrogen-bond acceptors (Lipinski definition) is 4. The van der Waals surface area contributed by atoms with Crippen molar-refractivity contribution in [1.29, 1.82) is 0 Å². The summed E-state index contributed by atoms with van der Waals surface area (Å²) in [6.07, 6.45) is 0.722. The molecule has 6 heteroatoms. The van der Waals surface area contributed by atoms with E-state index in [-0.39, 0.29) is 5.91 Å². The maximum absolute atomic E-state index is 12.4. The number of hydrogen-bond donors (Lipinski definition) is 1. The van der Waals surface area contributed by atoms with Gasteiger partial charge < -0.3 is 10.1 Å². The molecule has 1 N–H and O–H groups in total. The fourth-order valence-electron chi connectivity index (χ4n) is 2.71. The summed E-state index contributed by atoms with van der Waals surface area (Å²) >= 11 is 0. The lowest BCUT2D eigenvalue weighted by Gasteiger charge is -2.06. The third kappa shape index (κ3) is 4.27. The number of aromatic nitrogens is 3. The maximum Gasteiger partial charge on any atom is 0.273 e. The van der Waals surface area contributed by atoms with E-state index in [1.54, 1.807) is 11.8 Å². The average molecular weight is 350 g/mol. The second kappa shape index (κ2) is 8.29. The van der Waals surface area contributed by atoms with Crippen LogP contribution in [-0.2, 0) is 13.0 Å². The molecule has 2 aromatic carbocycles. The van der Waals surface area contributed by atoms with Crippen LogP contribution < -0.4 is 10.1 Å². The van der Waals surface area contributed by atoms with Crippen molar-refractivity contribution >= 4 is 5.91 Å². The first-order valence-corrected chi connectivity index (χ1v) is 8.52. The number of benzene rings is 2. The van der Waals surface area contributed by atoms with Gasteiger partial charge in [-0.15, -0.1) is 5.10 Å². The van der Waals surface area contributed by atoms with Crippen molar-refractivity contribution in [3.8, 4) is 5.75 Å². The Hall–Kier alpha value is -3.15. The quantitative estimate of drug-likeness (QED) is 0.711. The average Bonchev–Trinajstić information content (AvgIpc) is 3.03. The Labute approximate surface area is 152 Å². The van der Waals surface area contributed by atoms with Crippen LogP contribution in [0.2, 0.25) is 0 Å². The van der Waals surface area contributed by atoms with Gasteiger partial charge in [-0.2, -0.15) is 0 Å². The van der Waals surface area contributed by atoms with Crippen molar-refractivity contribution in [2.75, 3.05) is 13.7 Å². The number of carbonyl (C=O) groups excluding carboxylic acids is 1. The first kappa shape index (κ1) is 17.7. The number of nitrogens with zero attached hydrogens (tertiary/aromatic N) is 3. The highest BCUT2D eigenvalue weighted by Gasteiger charge is 2.16. The number of amides is 1. The van der Waals surface area contributed by atoms with E-state index in [0.29, 0.717) is 18.8 Å². The molecule has 0 atom stereocenters. The number of nitrogens with one attached hydrogen (secondary N) is 1. The largest absolute Gasteiger partial charge is 0.497 e. The van der Waals surface area contributed by atoms with Crippen LogP contribution in [0.1, 0.15) is 27.3 Å². The van der Waals surface area contributed by atoms with Gasteiger partial charge in [0.25, 0.3) is 5.91 Å². The summed E-state index contributed by atoms with van der Waals surface area (Å²) in [5.74, 6) is 0.609. The van der Waals surface area contributed by atoms with Crippen molar-refractivity contribution < 1.29 is 9.53 Å². The van der Waals surface area contributed by atoms with Crippen LogP contribution in [-0.4, -0.2) is 34.6 Å². The zero-order valence-corrected chi connectivity index (χ0v) is 15.0. The molecule has 1 aromatic heterocycles. The molecule has 0 saturated heterocycles. The molecule has 26 heavy (non-hydrogen) atoms. The van der Waals surface area contributed by atoms with Crippen LogP contribution in [0.15, 0.2) is 54.6 Å². The Bertz CT molecular complexity index is 875. The fourth-order valence-corrected chi connectivity index (χ4v) is 2.71. The zero-order valence-electron chi connectivity index (χ0n) is 15.0. The van der Waals surface area contributed by atoms with E-state index >= 15 is 0 Å². The summed E-state index contributed by atoms with van der Waals surface area (Å²) in [5.41, 5.74) is 3.35. The van der Waals surface area contributed by atoms with Gasteiger partial charge in [0.1, 0.15) is 5.75 Å². The summed E-state index contributed by atoms with van der Waals surface area (Å²) in [7, 11) is 1.64. The molecule has 0 aliphatic carbocycles. The van der Waals surface area contributed by atoms with Gasteiger partial charge in [-0.3, -0.25) is 4.79 Å². The van der Waals surface area contributed by atoms with Crippen molar-refractivity contribution in [1.82, 2.24) is 20.3 Å². The third-order valence-electron chi connectivity index (χ3n) is 4.21. The standard InChI is InChI=1S/C20H22N4O2/c1-15-19(22-23-24(15)14-17-7-4-3-5-8-17)20(25)21-12-11-16-9-6-10-18(13-16)26-2/h3-10,13H,11-12,14H2,1-2H3,(H,21,25). The number of rotatable bonds is 7. The molecule has 1 amide bonds. The highest BCUT2D eigenvalue weighted by atomic mass is 16.5. The lowest BCUT2D eigenvalue weighted by atomic mass is 10.1. The molecule has 0 spiro atoms. The molecule has 0 radical (unpaired) electrons. The predicted molar refractivity (Wildman–Crippen MR) is 99.3 cm³/mol. The van der Waals surface area contributed by atoms with Crippen molar-refractivity contribution in [3.63, 3.8) is 0 Å². The van der Waals surface area contributed by atoms with Crippen LogP contribution in [0.3, 0.4) is 0 Å². The van der Waals surface area contributed by atoms with Crippen LogP contribution >= 0.6 is 0 Å².